The lowest BCUT2D eigenvalue weighted by Gasteiger charge is -2.38. The summed E-state index contributed by atoms with van der Waals surface area (Å²) < 4.78 is 0. The Bertz CT molecular complexity index is 1050. The average molecular weight is 427 g/mol. The van der Waals surface area contributed by atoms with Crippen LogP contribution in [-0.4, -0.2) is 11.6 Å². The Balaban J connectivity index is 1.98. The number of hydrogen-bond donors (Lipinski definition) is 0. The predicted octanol–water partition coefficient (Wildman–Crippen LogP) is 7.67. The largest absolute Gasteiger partial charge is 0.289 e. The number of ketones is 2. The zero-order chi connectivity index (χ0) is 23.3. The van der Waals surface area contributed by atoms with Gasteiger partial charge in [0.05, 0.1) is 0 Å². The van der Waals surface area contributed by atoms with E-state index in [0.29, 0.717) is 0 Å². The van der Waals surface area contributed by atoms with Gasteiger partial charge in [-0.25, -0.2) is 0 Å². The number of hydrogen-bond acceptors (Lipinski definition) is 2. The van der Waals surface area contributed by atoms with Crippen molar-refractivity contribution in [1.82, 2.24) is 0 Å². The molecule has 2 atom stereocenters. The molecule has 0 spiro atoms. The molecule has 0 saturated carbocycles. The minimum atomic E-state index is -0.206. The summed E-state index contributed by atoms with van der Waals surface area (Å²) in [6, 6.07) is 16.0. The molecule has 2 aliphatic rings. The molecule has 2 nitrogen and oxygen atoms in total. The first-order valence-electron chi connectivity index (χ1n) is 11.8. The van der Waals surface area contributed by atoms with Crippen LogP contribution in [0.15, 0.2) is 71.8 Å². The molecule has 2 aromatic rings. The summed E-state index contributed by atoms with van der Waals surface area (Å²) >= 11 is 0. The van der Waals surface area contributed by atoms with Crippen LogP contribution in [0.1, 0.15) is 98.1 Å². The maximum atomic E-state index is 13.5. The monoisotopic (exact) mass is 426 g/mol. The lowest BCUT2D eigenvalue weighted by molar-refractivity contribution is 0.0987. The minimum Gasteiger partial charge on any atom is -0.289 e. The van der Waals surface area contributed by atoms with Gasteiger partial charge in [0.15, 0.2) is 11.6 Å². The summed E-state index contributed by atoms with van der Waals surface area (Å²) in [5, 5.41) is 0. The molecule has 0 radical (unpaired) electrons. The van der Waals surface area contributed by atoms with E-state index in [4.69, 9.17) is 0 Å². The first-order chi connectivity index (χ1) is 15.1. The van der Waals surface area contributed by atoms with Crippen LogP contribution in [-0.2, 0) is 0 Å². The zero-order valence-electron chi connectivity index (χ0n) is 20.2. The molecule has 2 aliphatic carbocycles. The number of rotatable bonds is 5. The summed E-state index contributed by atoms with van der Waals surface area (Å²) in [5.74, 6) is 0.312. The third-order valence-electron chi connectivity index (χ3n) is 7.92. The van der Waals surface area contributed by atoms with Crippen molar-refractivity contribution in [3.05, 3.63) is 94.1 Å². The fourth-order valence-corrected chi connectivity index (χ4v) is 5.01. The van der Waals surface area contributed by atoms with Crippen molar-refractivity contribution in [3.8, 4) is 0 Å². The van der Waals surface area contributed by atoms with E-state index in [2.05, 4.69) is 65.8 Å². The molecule has 32 heavy (non-hydrogen) atoms. The fourth-order valence-electron chi connectivity index (χ4n) is 5.01. The van der Waals surface area contributed by atoms with Gasteiger partial charge in [0, 0.05) is 34.1 Å². The molecule has 0 saturated heterocycles. The van der Waals surface area contributed by atoms with E-state index < -0.39 is 0 Å². The van der Waals surface area contributed by atoms with E-state index in [1.807, 2.05) is 36.4 Å². The second-order valence-electron chi connectivity index (χ2n) is 10.5. The van der Waals surface area contributed by atoms with Crippen molar-refractivity contribution in [1.29, 1.82) is 0 Å². The van der Waals surface area contributed by atoms with Gasteiger partial charge in [-0.15, -0.1) is 0 Å². The summed E-state index contributed by atoms with van der Waals surface area (Å²) in [4.78, 5) is 27.0. The molecule has 4 rings (SSSR count). The molecule has 2 heteroatoms. The van der Waals surface area contributed by atoms with Crippen LogP contribution in [0.3, 0.4) is 0 Å². The van der Waals surface area contributed by atoms with E-state index in [1.54, 1.807) is 0 Å². The van der Waals surface area contributed by atoms with Crippen molar-refractivity contribution in [2.45, 2.75) is 66.2 Å². The van der Waals surface area contributed by atoms with E-state index >= 15 is 0 Å². The first kappa shape index (κ1) is 22.5. The minimum absolute atomic E-state index is 0.0154. The highest BCUT2D eigenvalue weighted by Crippen LogP contribution is 2.49. The molecule has 166 valence electrons. The van der Waals surface area contributed by atoms with Crippen LogP contribution in [0.25, 0.3) is 0 Å². The normalized spacial score (nSPS) is 20.9. The summed E-state index contributed by atoms with van der Waals surface area (Å²) in [6.07, 6.45) is 6.20. The molecule has 0 bridgehead atoms. The first-order valence-corrected chi connectivity index (χ1v) is 11.8. The molecule has 0 amide bonds. The number of carbonyl (C=O) groups is 2. The standard InChI is InChI=1S/C30H34O2/c1-7-29(3,4)25-17-23(19-13-9-11-15-21(19)27(25)31)24-18-26(30(5,6)8-2)28(32)22-16-12-10-14-20(22)24/h9-18,23-24H,7-8H2,1-6H3. The molecule has 0 N–H and O–H groups in total. The Morgan fingerprint density at radius 2 is 0.969 bits per heavy atom. The Kier molecular flexibility index (Phi) is 5.61. The van der Waals surface area contributed by atoms with Crippen molar-refractivity contribution in [2.24, 2.45) is 10.8 Å². The Hall–Kier alpha value is -2.74. The quantitative estimate of drug-likeness (QED) is 0.491. The van der Waals surface area contributed by atoms with Gasteiger partial charge >= 0.3 is 0 Å². The van der Waals surface area contributed by atoms with E-state index in [1.165, 1.54) is 0 Å². The maximum Gasteiger partial charge on any atom is 0.189 e. The SMILES string of the molecule is CCC(C)(C)C1=CC(C2C=C(C(C)(C)CC)C(=O)c3ccccc32)c2ccccc2C1=O. The van der Waals surface area contributed by atoms with Crippen LogP contribution in [0, 0.1) is 10.8 Å². The molecule has 0 fully saturated rings. The second-order valence-corrected chi connectivity index (χ2v) is 10.5. The summed E-state index contributed by atoms with van der Waals surface area (Å²) in [5.41, 5.74) is 5.10. The summed E-state index contributed by atoms with van der Waals surface area (Å²) in [6.45, 7) is 12.9. The van der Waals surface area contributed by atoms with E-state index in [0.717, 1.165) is 46.2 Å². The van der Waals surface area contributed by atoms with Gasteiger partial charge in [-0.05, 0) is 34.8 Å². The van der Waals surface area contributed by atoms with Gasteiger partial charge in [0.25, 0.3) is 0 Å². The van der Waals surface area contributed by atoms with Gasteiger partial charge in [-0.2, -0.15) is 0 Å². The molecule has 2 aromatic carbocycles. The molecule has 2 unspecified atom stereocenters. The zero-order valence-corrected chi connectivity index (χ0v) is 20.2. The van der Waals surface area contributed by atoms with Crippen LogP contribution in [0.2, 0.25) is 0 Å². The molecular weight excluding hydrogens is 392 g/mol. The van der Waals surface area contributed by atoms with Crippen LogP contribution >= 0.6 is 0 Å². The topological polar surface area (TPSA) is 34.1 Å². The number of carbonyl (C=O) groups excluding carboxylic acids is 2. The lowest BCUT2D eigenvalue weighted by atomic mass is 9.64. The van der Waals surface area contributed by atoms with E-state index in [9.17, 15) is 9.59 Å². The second kappa shape index (κ2) is 7.99. The Labute approximate surface area is 192 Å². The van der Waals surface area contributed by atoms with Crippen molar-refractivity contribution in [2.75, 3.05) is 0 Å². The fraction of sp³-hybridized carbons (Fsp3) is 0.400. The molecular formula is C30H34O2. The van der Waals surface area contributed by atoms with Gasteiger partial charge in [-0.1, -0.05) is 102 Å². The number of benzene rings is 2. The number of Topliss-reactive ketones (excluding diaryl/α,β-unsaturated/α-hetero) is 2. The number of fused-ring (bicyclic) bond motifs is 2. The Morgan fingerprint density at radius 3 is 1.31 bits per heavy atom. The maximum absolute atomic E-state index is 13.5. The molecule has 0 heterocycles. The lowest BCUT2D eigenvalue weighted by Crippen LogP contribution is -2.31. The smallest absolute Gasteiger partial charge is 0.189 e. The van der Waals surface area contributed by atoms with Crippen LogP contribution < -0.4 is 0 Å². The average Bonchev–Trinajstić information content (AvgIpc) is 2.80. The highest BCUT2D eigenvalue weighted by Gasteiger charge is 2.41. The Morgan fingerprint density at radius 1 is 0.625 bits per heavy atom. The van der Waals surface area contributed by atoms with Gasteiger partial charge < -0.3 is 0 Å². The third kappa shape index (κ3) is 3.50. The predicted molar refractivity (Wildman–Crippen MR) is 131 cm³/mol. The van der Waals surface area contributed by atoms with Gasteiger partial charge in [0.2, 0.25) is 0 Å². The van der Waals surface area contributed by atoms with Crippen molar-refractivity contribution in [3.63, 3.8) is 0 Å². The number of allylic oxidation sites excluding steroid dienone is 4. The van der Waals surface area contributed by atoms with Crippen molar-refractivity contribution >= 4 is 11.6 Å². The van der Waals surface area contributed by atoms with E-state index in [-0.39, 0.29) is 34.2 Å². The summed E-state index contributed by atoms with van der Waals surface area (Å²) in [7, 11) is 0. The molecule has 0 aromatic heterocycles. The van der Waals surface area contributed by atoms with Gasteiger partial charge in [-0.3, -0.25) is 9.59 Å². The van der Waals surface area contributed by atoms with Gasteiger partial charge in [0.1, 0.15) is 0 Å². The van der Waals surface area contributed by atoms with Crippen LogP contribution in [0.5, 0.6) is 0 Å². The highest BCUT2D eigenvalue weighted by molar-refractivity contribution is 6.13. The molecule has 0 aliphatic heterocycles. The van der Waals surface area contributed by atoms with Crippen molar-refractivity contribution < 1.29 is 9.59 Å². The van der Waals surface area contributed by atoms with Crippen LogP contribution in [0.4, 0.5) is 0 Å². The highest BCUT2D eigenvalue weighted by atomic mass is 16.1. The third-order valence-corrected chi connectivity index (χ3v) is 7.92.